The second kappa shape index (κ2) is 14.9. The molecule has 6 rings (SSSR count). The topological polar surface area (TPSA) is 55.8 Å². The van der Waals surface area contributed by atoms with Crippen molar-refractivity contribution in [3.05, 3.63) is 119 Å². The third-order valence-corrected chi connectivity index (χ3v) is 9.24. The number of thioether (sulfide) groups is 1. The Balaban J connectivity index is 1.01. The van der Waals surface area contributed by atoms with E-state index in [9.17, 15) is 9.18 Å². The first-order valence-electron chi connectivity index (χ1n) is 15.3. The molecule has 10 heteroatoms. The molecule has 45 heavy (non-hydrogen) atoms. The summed E-state index contributed by atoms with van der Waals surface area (Å²) in [5.41, 5.74) is 3.46. The molecule has 0 atom stereocenters. The molecule has 0 aliphatic carbocycles. The van der Waals surface area contributed by atoms with Gasteiger partial charge in [-0.15, -0.1) is 0 Å². The Hall–Kier alpha value is -3.92. The third-order valence-electron chi connectivity index (χ3n) is 8.13. The molecule has 0 unspecified atom stereocenters. The number of anilines is 2. The normalized spacial score (nSPS) is 16.0. The minimum Gasteiger partial charge on any atom is -0.366 e. The van der Waals surface area contributed by atoms with Crippen LogP contribution in [-0.2, 0) is 5.75 Å². The number of piperazine rings is 2. The van der Waals surface area contributed by atoms with Crippen molar-refractivity contribution in [1.82, 2.24) is 19.8 Å². The molecule has 232 valence electrons. The Morgan fingerprint density at radius 1 is 0.822 bits per heavy atom. The van der Waals surface area contributed by atoms with E-state index < -0.39 is 0 Å². The van der Waals surface area contributed by atoms with Crippen molar-refractivity contribution in [1.29, 1.82) is 0 Å². The zero-order valence-corrected chi connectivity index (χ0v) is 26.6. The molecule has 4 aromatic rings. The zero-order chi connectivity index (χ0) is 31.0. The van der Waals surface area contributed by atoms with Crippen LogP contribution >= 0.6 is 23.4 Å². The van der Waals surface area contributed by atoms with Gasteiger partial charge in [-0.3, -0.25) is 9.69 Å². The molecular formula is C35H36ClFN6OS. The number of halogens is 2. The fraction of sp³-hybridized carbons (Fsp3) is 0.286. The van der Waals surface area contributed by atoms with E-state index in [1.165, 1.54) is 23.4 Å². The van der Waals surface area contributed by atoms with Crippen molar-refractivity contribution < 1.29 is 9.18 Å². The monoisotopic (exact) mass is 642 g/mol. The second-order valence-electron chi connectivity index (χ2n) is 11.2. The van der Waals surface area contributed by atoms with Crippen LogP contribution in [0.5, 0.6) is 0 Å². The van der Waals surface area contributed by atoms with Crippen molar-refractivity contribution in [2.45, 2.75) is 10.9 Å². The average Bonchev–Trinajstić information content (AvgIpc) is 3.08. The van der Waals surface area contributed by atoms with Gasteiger partial charge in [0, 0.05) is 76.3 Å². The van der Waals surface area contributed by atoms with E-state index in [0.29, 0.717) is 53.5 Å². The molecule has 0 N–H and O–H groups in total. The minimum atomic E-state index is -0.233. The highest BCUT2D eigenvalue weighted by molar-refractivity contribution is 7.98. The van der Waals surface area contributed by atoms with Gasteiger partial charge in [0.15, 0.2) is 5.16 Å². The summed E-state index contributed by atoms with van der Waals surface area (Å²) in [6, 6.07) is 26.7. The number of rotatable bonds is 9. The van der Waals surface area contributed by atoms with E-state index in [-0.39, 0.29) is 11.7 Å². The Morgan fingerprint density at radius 3 is 2.33 bits per heavy atom. The van der Waals surface area contributed by atoms with Crippen molar-refractivity contribution >= 4 is 46.9 Å². The highest BCUT2D eigenvalue weighted by Gasteiger charge is 2.24. The molecule has 7 nitrogen and oxygen atoms in total. The van der Waals surface area contributed by atoms with Gasteiger partial charge < -0.3 is 14.7 Å². The van der Waals surface area contributed by atoms with Crippen LogP contribution in [0.4, 0.5) is 15.9 Å². The van der Waals surface area contributed by atoms with Gasteiger partial charge >= 0.3 is 0 Å². The average molecular weight is 643 g/mol. The maximum Gasteiger partial charge on any atom is 0.253 e. The number of aromatic nitrogens is 2. The van der Waals surface area contributed by atoms with Gasteiger partial charge in [-0.2, -0.15) is 0 Å². The van der Waals surface area contributed by atoms with E-state index >= 15 is 0 Å². The zero-order valence-electron chi connectivity index (χ0n) is 25.1. The molecule has 2 fully saturated rings. The van der Waals surface area contributed by atoms with Gasteiger partial charge in [-0.05, 0) is 35.4 Å². The Bertz CT molecular complexity index is 1620. The number of carbonyl (C=O) groups excluding carboxylic acids is 1. The van der Waals surface area contributed by atoms with Gasteiger partial charge in [0.05, 0.1) is 5.69 Å². The minimum absolute atomic E-state index is 0.00831. The van der Waals surface area contributed by atoms with Gasteiger partial charge in [-0.25, -0.2) is 14.4 Å². The number of nitrogens with zero attached hydrogens (tertiary/aromatic N) is 6. The molecule has 0 radical (unpaired) electrons. The smallest absolute Gasteiger partial charge is 0.253 e. The van der Waals surface area contributed by atoms with E-state index in [2.05, 4.69) is 51.2 Å². The van der Waals surface area contributed by atoms with E-state index in [1.807, 2.05) is 52.3 Å². The van der Waals surface area contributed by atoms with Gasteiger partial charge in [0.2, 0.25) is 0 Å². The lowest BCUT2D eigenvalue weighted by atomic mass is 10.1. The molecule has 2 aliphatic rings. The van der Waals surface area contributed by atoms with Crippen molar-refractivity contribution in [2.75, 3.05) is 68.7 Å². The summed E-state index contributed by atoms with van der Waals surface area (Å²) in [5.74, 6) is 1.22. The fourth-order valence-electron chi connectivity index (χ4n) is 5.66. The highest BCUT2D eigenvalue weighted by atomic mass is 35.5. The predicted molar refractivity (Wildman–Crippen MR) is 182 cm³/mol. The Labute approximate surface area is 273 Å². The first kappa shape index (κ1) is 31.1. The second-order valence-corrected chi connectivity index (χ2v) is 12.5. The SMILES string of the molecule is O=C(c1cccc(CSc2nc(Cl)cc(N3CCN(CC=Cc4ccccc4)CC3)n2)c1)N1CCN(c2ccccc2F)CC1. The predicted octanol–water partition coefficient (Wildman–Crippen LogP) is 6.36. The molecular weight excluding hydrogens is 607 g/mol. The van der Waals surface area contributed by atoms with E-state index in [0.717, 1.165) is 44.1 Å². The first-order chi connectivity index (χ1) is 22.0. The van der Waals surface area contributed by atoms with Crippen LogP contribution < -0.4 is 9.80 Å². The Morgan fingerprint density at radius 2 is 1.56 bits per heavy atom. The summed E-state index contributed by atoms with van der Waals surface area (Å²) in [6.45, 7) is 6.83. The van der Waals surface area contributed by atoms with E-state index in [4.69, 9.17) is 16.6 Å². The molecule has 2 aliphatic heterocycles. The molecule has 3 aromatic carbocycles. The molecule has 2 saturated heterocycles. The van der Waals surface area contributed by atoms with Crippen LogP contribution in [0, 0.1) is 5.82 Å². The Kier molecular flexibility index (Phi) is 10.3. The van der Waals surface area contributed by atoms with Crippen LogP contribution in [0.2, 0.25) is 5.15 Å². The number of benzene rings is 3. The summed E-state index contributed by atoms with van der Waals surface area (Å²) in [4.78, 5) is 31.1. The summed E-state index contributed by atoms with van der Waals surface area (Å²) in [6.07, 6.45) is 4.39. The van der Waals surface area contributed by atoms with E-state index in [1.54, 1.807) is 12.1 Å². The van der Waals surface area contributed by atoms with Crippen molar-refractivity contribution in [3.8, 4) is 0 Å². The molecule has 1 amide bonds. The fourth-order valence-corrected chi connectivity index (χ4v) is 6.68. The van der Waals surface area contributed by atoms with Crippen LogP contribution in [0.25, 0.3) is 6.08 Å². The lowest BCUT2D eigenvalue weighted by Gasteiger charge is -2.36. The van der Waals surface area contributed by atoms with Gasteiger partial charge in [-0.1, -0.05) is 90.1 Å². The number of hydrogen-bond donors (Lipinski definition) is 0. The van der Waals surface area contributed by atoms with Crippen LogP contribution in [0.3, 0.4) is 0 Å². The van der Waals surface area contributed by atoms with Crippen molar-refractivity contribution in [2.24, 2.45) is 0 Å². The number of amides is 1. The maximum atomic E-state index is 14.2. The first-order valence-corrected chi connectivity index (χ1v) is 16.6. The number of hydrogen-bond acceptors (Lipinski definition) is 7. The van der Waals surface area contributed by atoms with Gasteiger partial charge in [0.25, 0.3) is 5.91 Å². The molecule has 1 aromatic heterocycles. The van der Waals surface area contributed by atoms with Crippen LogP contribution in [0.15, 0.2) is 96.2 Å². The largest absolute Gasteiger partial charge is 0.366 e. The lowest BCUT2D eigenvalue weighted by Crippen LogP contribution is -2.49. The molecule has 3 heterocycles. The molecule has 0 saturated carbocycles. The van der Waals surface area contributed by atoms with Crippen molar-refractivity contribution in [3.63, 3.8) is 0 Å². The molecule has 0 spiro atoms. The third kappa shape index (κ3) is 8.22. The maximum absolute atomic E-state index is 14.2. The van der Waals surface area contributed by atoms with Gasteiger partial charge in [0.1, 0.15) is 16.8 Å². The summed E-state index contributed by atoms with van der Waals surface area (Å²) < 4.78 is 14.2. The lowest BCUT2D eigenvalue weighted by molar-refractivity contribution is 0.0746. The summed E-state index contributed by atoms with van der Waals surface area (Å²) >= 11 is 7.94. The standard InChI is InChI=1S/C35H36ClFN6OS/c36-32-25-33(42-18-16-40(17-19-42)15-7-11-27-8-2-1-3-9-27)39-35(38-32)45-26-28-10-6-12-29(24-28)34(44)43-22-20-41(21-23-43)31-14-5-4-13-30(31)37/h1-14,24-25H,15-23,26H2. The van der Waals surface area contributed by atoms with Crippen LogP contribution in [0.1, 0.15) is 21.5 Å². The number of para-hydroxylation sites is 1. The molecule has 0 bridgehead atoms. The summed E-state index contributed by atoms with van der Waals surface area (Å²) in [5, 5.41) is 1.04. The summed E-state index contributed by atoms with van der Waals surface area (Å²) in [7, 11) is 0. The quantitative estimate of drug-likeness (QED) is 0.120. The highest BCUT2D eigenvalue weighted by Crippen LogP contribution is 2.26. The number of carbonyl (C=O) groups is 1. The van der Waals surface area contributed by atoms with Crippen LogP contribution in [-0.4, -0.2) is 84.6 Å².